The van der Waals surface area contributed by atoms with Gasteiger partial charge in [-0.2, -0.15) is 5.10 Å². The lowest BCUT2D eigenvalue weighted by atomic mass is 10.1. The quantitative estimate of drug-likeness (QED) is 0.606. The number of H-pyrrole nitrogens is 2. The van der Waals surface area contributed by atoms with Crippen LogP contribution in [0.4, 0.5) is 0 Å². The second kappa shape index (κ2) is 8.20. The van der Waals surface area contributed by atoms with E-state index in [4.69, 9.17) is 23.2 Å². The maximum absolute atomic E-state index is 12.4. The Labute approximate surface area is 163 Å². The third-order valence-electron chi connectivity index (χ3n) is 3.84. The molecule has 0 bridgehead atoms. The molecule has 0 fully saturated rings. The van der Waals surface area contributed by atoms with Gasteiger partial charge in [-0.3, -0.25) is 14.4 Å². The van der Waals surface area contributed by atoms with Crippen LogP contribution >= 0.6 is 23.2 Å². The topological polar surface area (TPSA) is 108 Å². The van der Waals surface area contributed by atoms with Crippen molar-refractivity contribution in [3.05, 3.63) is 84.5 Å². The first-order chi connectivity index (χ1) is 13.0. The number of halogens is 2. The molecule has 7 nitrogen and oxygen atoms in total. The molecule has 0 atom stereocenters. The van der Waals surface area contributed by atoms with Crippen LogP contribution in [0, 0.1) is 0 Å². The number of nitrogens with one attached hydrogen (secondary N) is 3. The van der Waals surface area contributed by atoms with Crippen molar-refractivity contribution in [1.82, 2.24) is 20.5 Å². The molecule has 3 N–H and O–H groups in total. The average molecular weight is 405 g/mol. The minimum Gasteiger partial charge on any atom is -0.367 e. The fraction of sp³-hybridized carbons (Fsp3) is 0.111. The summed E-state index contributed by atoms with van der Waals surface area (Å²) in [4.78, 5) is 39.0. The molecule has 138 valence electrons. The molecule has 0 aliphatic carbocycles. The van der Waals surface area contributed by atoms with Gasteiger partial charge in [0, 0.05) is 35.1 Å². The fourth-order valence-corrected chi connectivity index (χ4v) is 2.96. The van der Waals surface area contributed by atoms with E-state index in [1.54, 1.807) is 18.2 Å². The molecule has 1 aromatic carbocycles. The molecule has 3 aromatic rings. The molecular weight excluding hydrogens is 391 g/mol. The number of hydrogen-bond donors (Lipinski definition) is 3. The summed E-state index contributed by atoms with van der Waals surface area (Å²) < 4.78 is 0. The number of amides is 1. The Morgan fingerprint density at radius 3 is 2.70 bits per heavy atom. The van der Waals surface area contributed by atoms with Crippen molar-refractivity contribution in [3.8, 4) is 11.3 Å². The Balaban J connectivity index is 1.75. The van der Waals surface area contributed by atoms with Crippen LogP contribution in [-0.2, 0) is 6.42 Å². The van der Waals surface area contributed by atoms with Crippen LogP contribution in [0.5, 0.6) is 0 Å². The number of rotatable bonds is 5. The Kier molecular flexibility index (Phi) is 5.73. The van der Waals surface area contributed by atoms with E-state index in [-0.39, 0.29) is 28.8 Å². The SMILES string of the molecule is O=C(NCCc1ccc(Cl)cc1Cl)c1cc(-c2c[nH]ccc2=O)n[nH]c1=O. The van der Waals surface area contributed by atoms with Crippen molar-refractivity contribution in [2.24, 2.45) is 0 Å². The first-order valence-electron chi connectivity index (χ1n) is 7.95. The number of aromatic amines is 2. The maximum atomic E-state index is 12.4. The monoisotopic (exact) mass is 404 g/mol. The van der Waals surface area contributed by atoms with E-state index in [0.717, 1.165) is 5.56 Å². The lowest BCUT2D eigenvalue weighted by Gasteiger charge is -2.07. The zero-order chi connectivity index (χ0) is 19.4. The van der Waals surface area contributed by atoms with Gasteiger partial charge < -0.3 is 10.3 Å². The predicted octanol–water partition coefficient (Wildman–Crippen LogP) is 2.40. The molecule has 0 spiro atoms. The normalized spacial score (nSPS) is 10.6. The number of carbonyl (C=O) groups is 1. The van der Waals surface area contributed by atoms with E-state index >= 15 is 0 Å². The first-order valence-corrected chi connectivity index (χ1v) is 8.70. The van der Waals surface area contributed by atoms with Crippen molar-refractivity contribution in [1.29, 1.82) is 0 Å². The number of aromatic nitrogens is 3. The van der Waals surface area contributed by atoms with E-state index < -0.39 is 11.5 Å². The van der Waals surface area contributed by atoms with Crippen molar-refractivity contribution >= 4 is 29.1 Å². The summed E-state index contributed by atoms with van der Waals surface area (Å²) >= 11 is 12.0. The van der Waals surface area contributed by atoms with E-state index in [0.29, 0.717) is 16.5 Å². The van der Waals surface area contributed by atoms with Crippen LogP contribution < -0.4 is 16.3 Å². The van der Waals surface area contributed by atoms with E-state index in [2.05, 4.69) is 20.5 Å². The molecule has 2 heterocycles. The fourth-order valence-electron chi connectivity index (χ4n) is 2.46. The molecule has 0 saturated heterocycles. The summed E-state index contributed by atoms with van der Waals surface area (Å²) in [5.41, 5.74) is 0.204. The summed E-state index contributed by atoms with van der Waals surface area (Å²) in [5, 5.41) is 9.77. The minimum absolute atomic E-state index is 0.134. The molecule has 2 aromatic heterocycles. The highest BCUT2D eigenvalue weighted by Gasteiger charge is 2.14. The number of carbonyl (C=O) groups excluding carboxylic acids is 1. The number of pyridine rings is 1. The number of nitrogens with zero attached hydrogens (tertiary/aromatic N) is 1. The van der Waals surface area contributed by atoms with Crippen LogP contribution in [0.1, 0.15) is 15.9 Å². The van der Waals surface area contributed by atoms with Gasteiger partial charge in [0.15, 0.2) is 5.43 Å². The second-order valence-corrected chi connectivity index (χ2v) is 6.50. The van der Waals surface area contributed by atoms with Gasteiger partial charge in [-0.1, -0.05) is 29.3 Å². The maximum Gasteiger partial charge on any atom is 0.277 e. The van der Waals surface area contributed by atoms with Crippen molar-refractivity contribution in [3.63, 3.8) is 0 Å². The van der Waals surface area contributed by atoms with Gasteiger partial charge in [0.05, 0.1) is 11.3 Å². The Morgan fingerprint density at radius 2 is 1.96 bits per heavy atom. The van der Waals surface area contributed by atoms with Crippen LogP contribution in [0.15, 0.2) is 52.3 Å². The Hall–Kier alpha value is -2.90. The third-order valence-corrected chi connectivity index (χ3v) is 4.43. The molecule has 27 heavy (non-hydrogen) atoms. The smallest absolute Gasteiger partial charge is 0.277 e. The Bertz CT molecular complexity index is 1110. The second-order valence-electron chi connectivity index (χ2n) is 5.66. The summed E-state index contributed by atoms with van der Waals surface area (Å²) in [6, 6.07) is 7.72. The molecule has 3 rings (SSSR count). The lowest BCUT2D eigenvalue weighted by molar-refractivity contribution is 0.0952. The summed E-state index contributed by atoms with van der Waals surface area (Å²) in [5.74, 6) is -0.572. The highest BCUT2D eigenvalue weighted by Crippen LogP contribution is 2.21. The molecule has 0 aliphatic heterocycles. The lowest BCUT2D eigenvalue weighted by Crippen LogP contribution is -2.31. The average Bonchev–Trinajstić information content (AvgIpc) is 2.64. The molecule has 0 unspecified atom stereocenters. The van der Waals surface area contributed by atoms with Crippen molar-refractivity contribution < 1.29 is 4.79 Å². The highest BCUT2D eigenvalue weighted by atomic mass is 35.5. The van der Waals surface area contributed by atoms with Gasteiger partial charge in [-0.15, -0.1) is 0 Å². The van der Waals surface area contributed by atoms with Gasteiger partial charge in [-0.25, -0.2) is 5.10 Å². The first kappa shape index (κ1) is 18.9. The number of benzene rings is 1. The summed E-state index contributed by atoms with van der Waals surface area (Å²) in [6.07, 6.45) is 3.40. The summed E-state index contributed by atoms with van der Waals surface area (Å²) in [7, 11) is 0. The number of hydrogen-bond acceptors (Lipinski definition) is 4. The highest BCUT2D eigenvalue weighted by molar-refractivity contribution is 6.35. The standard InChI is InChI=1S/C18H14Cl2N4O3/c19-11-2-1-10(14(20)7-11)3-6-22-17(26)12-8-15(23-24-18(12)27)13-9-21-5-4-16(13)25/h1-2,4-5,7-9H,3,6H2,(H,21,25)(H,22,26)(H,24,27). The van der Waals surface area contributed by atoms with Crippen LogP contribution in [0.25, 0.3) is 11.3 Å². The molecule has 9 heteroatoms. The van der Waals surface area contributed by atoms with Crippen LogP contribution in [-0.4, -0.2) is 27.6 Å². The predicted molar refractivity (Wildman–Crippen MR) is 103 cm³/mol. The van der Waals surface area contributed by atoms with E-state index in [1.165, 1.54) is 24.5 Å². The van der Waals surface area contributed by atoms with Crippen LogP contribution in [0.2, 0.25) is 10.0 Å². The van der Waals surface area contributed by atoms with Gasteiger partial charge in [0.1, 0.15) is 5.56 Å². The van der Waals surface area contributed by atoms with Gasteiger partial charge in [0.2, 0.25) is 0 Å². The zero-order valence-corrected chi connectivity index (χ0v) is 15.4. The zero-order valence-electron chi connectivity index (χ0n) is 13.9. The minimum atomic E-state index is -0.645. The molecular formula is C18H14Cl2N4O3. The van der Waals surface area contributed by atoms with Gasteiger partial charge in [-0.05, 0) is 30.2 Å². The largest absolute Gasteiger partial charge is 0.367 e. The van der Waals surface area contributed by atoms with E-state index in [1.807, 2.05) is 0 Å². The molecule has 0 aliphatic rings. The van der Waals surface area contributed by atoms with E-state index in [9.17, 15) is 14.4 Å². The Morgan fingerprint density at radius 1 is 1.15 bits per heavy atom. The van der Waals surface area contributed by atoms with Crippen LogP contribution in [0.3, 0.4) is 0 Å². The molecule has 0 saturated carbocycles. The van der Waals surface area contributed by atoms with Crippen molar-refractivity contribution in [2.75, 3.05) is 6.54 Å². The van der Waals surface area contributed by atoms with Gasteiger partial charge in [0.25, 0.3) is 11.5 Å². The molecule has 0 radical (unpaired) electrons. The van der Waals surface area contributed by atoms with Gasteiger partial charge >= 0.3 is 0 Å². The summed E-state index contributed by atoms with van der Waals surface area (Å²) in [6.45, 7) is 0.267. The molecule has 1 amide bonds. The van der Waals surface area contributed by atoms with Crippen molar-refractivity contribution in [2.45, 2.75) is 6.42 Å². The third kappa shape index (κ3) is 4.45.